The third-order valence-electron chi connectivity index (χ3n) is 4.18. The van der Waals surface area contributed by atoms with Crippen molar-refractivity contribution in [1.29, 1.82) is 0 Å². The summed E-state index contributed by atoms with van der Waals surface area (Å²) < 4.78 is 0. The zero-order valence-electron chi connectivity index (χ0n) is 11.3. The van der Waals surface area contributed by atoms with Crippen LogP contribution in [0.15, 0.2) is 35.4 Å². The monoisotopic (exact) mass is 274 g/mol. The number of fused-ring (bicyclic) bond motifs is 1. The normalized spacial score (nSPS) is 24.5. The smallest absolute Gasteiger partial charge is 0.0735 e. The Balaban J connectivity index is 1.78. The molecule has 0 saturated heterocycles. The molecule has 1 aromatic heterocycles. The van der Waals surface area contributed by atoms with Crippen LogP contribution in [-0.2, 0) is 0 Å². The predicted octanol–water partition coefficient (Wildman–Crippen LogP) is 4.17. The van der Waals surface area contributed by atoms with Gasteiger partial charge in [-0.3, -0.25) is 0 Å². The quantitative estimate of drug-likeness (QED) is 0.825. The topological polar surface area (TPSA) is 41.8 Å². The third-order valence-corrected chi connectivity index (χ3v) is 5.57. The van der Waals surface area contributed by atoms with Crippen molar-refractivity contribution < 1.29 is 0 Å². The number of thioether (sulfide) groups is 1. The molecule has 1 aliphatic rings. The maximum atomic E-state index is 5.97. The van der Waals surface area contributed by atoms with Gasteiger partial charge in [-0.15, -0.1) is 11.8 Å². The maximum absolute atomic E-state index is 5.97. The van der Waals surface area contributed by atoms with E-state index in [1.54, 1.807) is 0 Å². The first-order valence-electron chi connectivity index (χ1n) is 7.31. The lowest BCUT2D eigenvalue weighted by molar-refractivity contribution is 0.483. The van der Waals surface area contributed by atoms with Crippen LogP contribution in [0.2, 0.25) is 0 Å². The van der Waals surface area contributed by atoms with E-state index < -0.39 is 0 Å². The van der Waals surface area contributed by atoms with Crippen molar-refractivity contribution >= 4 is 22.7 Å². The lowest BCUT2D eigenvalue weighted by Gasteiger charge is -2.22. The first-order chi connectivity index (χ1) is 9.36. The summed E-state index contributed by atoms with van der Waals surface area (Å²) in [6.07, 6.45) is 6.69. The Labute approximate surface area is 119 Å². The number of H-pyrrole nitrogens is 1. The van der Waals surface area contributed by atoms with E-state index in [4.69, 9.17) is 5.73 Å². The highest BCUT2D eigenvalue weighted by atomic mass is 32.2. The second kappa shape index (κ2) is 6.02. The molecule has 3 heteroatoms. The molecule has 1 fully saturated rings. The minimum Gasteiger partial charge on any atom is -0.350 e. The molecule has 0 amide bonds. The summed E-state index contributed by atoms with van der Waals surface area (Å²) in [5.74, 6) is 0.680. The summed E-state index contributed by atoms with van der Waals surface area (Å²) >= 11 is 2.00. The number of para-hydroxylation sites is 1. The third kappa shape index (κ3) is 2.98. The fourth-order valence-electron chi connectivity index (χ4n) is 3.05. The molecule has 2 unspecified atom stereocenters. The molecule has 102 valence electrons. The van der Waals surface area contributed by atoms with Crippen LogP contribution in [-0.4, -0.2) is 16.8 Å². The van der Waals surface area contributed by atoms with Crippen molar-refractivity contribution in [3.63, 3.8) is 0 Å². The van der Waals surface area contributed by atoms with Gasteiger partial charge in [0.25, 0.3) is 0 Å². The summed E-state index contributed by atoms with van der Waals surface area (Å²) in [6, 6.07) is 10.8. The fourth-order valence-corrected chi connectivity index (χ4v) is 4.46. The lowest BCUT2D eigenvalue weighted by Crippen LogP contribution is -2.24. The van der Waals surface area contributed by atoms with Gasteiger partial charge in [0, 0.05) is 16.2 Å². The van der Waals surface area contributed by atoms with Crippen molar-refractivity contribution in [3.05, 3.63) is 30.3 Å². The summed E-state index contributed by atoms with van der Waals surface area (Å²) in [5, 5.41) is 3.29. The van der Waals surface area contributed by atoms with Gasteiger partial charge in [-0.1, -0.05) is 37.5 Å². The Kier molecular flexibility index (Phi) is 4.14. The molecule has 3 N–H and O–H groups in total. The average Bonchev–Trinajstić information content (AvgIpc) is 2.70. The van der Waals surface area contributed by atoms with Gasteiger partial charge < -0.3 is 10.7 Å². The van der Waals surface area contributed by atoms with Crippen molar-refractivity contribution in [3.8, 4) is 0 Å². The maximum Gasteiger partial charge on any atom is 0.0735 e. The number of hydrogen-bond donors (Lipinski definition) is 2. The molecule has 2 aromatic rings. The Morgan fingerprint density at radius 1 is 1.16 bits per heavy atom. The van der Waals surface area contributed by atoms with E-state index in [1.165, 1.54) is 48.0 Å². The van der Waals surface area contributed by atoms with Crippen molar-refractivity contribution in [2.45, 2.75) is 42.4 Å². The number of benzene rings is 1. The van der Waals surface area contributed by atoms with Crippen molar-refractivity contribution in [2.75, 3.05) is 6.54 Å². The second-order valence-electron chi connectivity index (χ2n) is 5.51. The highest BCUT2D eigenvalue weighted by Gasteiger charge is 2.23. The van der Waals surface area contributed by atoms with E-state index in [1.807, 2.05) is 11.8 Å². The van der Waals surface area contributed by atoms with Crippen molar-refractivity contribution in [1.82, 2.24) is 4.98 Å². The Morgan fingerprint density at radius 2 is 2.00 bits per heavy atom. The van der Waals surface area contributed by atoms with E-state index in [9.17, 15) is 0 Å². The number of nitrogens with two attached hydrogens (primary N) is 1. The average molecular weight is 274 g/mol. The van der Waals surface area contributed by atoms with E-state index >= 15 is 0 Å². The molecular formula is C16H22N2S. The predicted molar refractivity (Wildman–Crippen MR) is 83.6 cm³/mol. The number of rotatable bonds is 3. The number of hydrogen-bond acceptors (Lipinski definition) is 2. The first kappa shape index (κ1) is 13.1. The van der Waals surface area contributed by atoms with Crippen LogP contribution < -0.4 is 5.73 Å². The molecule has 1 heterocycles. The minimum atomic E-state index is 0.680. The fraction of sp³-hybridized carbons (Fsp3) is 0.500. The van der Waals surface area contributed by atoms with Crippen LogP contribution in [0.1, 0.15) is 32.1 Å². The standard InChI is InChI=1S/C16H22N2S/c17-11-13-7-2-1-3-9-15(13)19-16-10-12-6-4-5-8-14(12)18-16/h4-6,8,10,13,15,18H,1-3,7,9,11,17H2. The van der Waals surface area contributed by atoms with Crippen LogP contribution in [0.3, 0.4) is 0 Å². The van der Waals surface area contributed by atoms with Crippen LogP contribution in [0.5, 0.6) is 0 Å². The lowest BCUT2D eigenvalue weighted by atomic mass is 10.0. The molecule has 3 rings (SSSR count). The highest BCUT2D eigenvalue weighted by Crippen LogP contribution is 2.36. The van der Waals surface area contributed by atoms with E-state index in [0.29, 0.717) is 11.2 Å². The second-order valence-corrected chi connectivity index (χ2v) is 6.79. The number of aromatic nitrogens is 1. The van der Waals surface area contributed by atoms with Crippen molar-refractivity contribution in [2.24, 2.45) is 11.7 Å². The number of nitrogens with one attached hydrogen (secondary N) is 1. The van der Waals surface area contributed by atoms with E-state index in [2.05, 4.69) is 35.3 Å². The molecule has 1 aliphatic carbocycles. The van der Waals surface area contributed by atoms with Gasteiger partial charge in [-0.2, -0.15) is 0 Å². The molecule has 0 bridgehead atoms. The molecule has 1 saturated carbocycles. The van der Waals surface area contributed by atoms with Gasteiger partial charge in [0.05, 0.1) is 5.03 Å². The van der Waals surface area contributed by atoms with Gasteiger partial charge in [0.1, 0.15) is 0 Å². The van der Waals surface area contributed by atoms with E-state index in [-0.39, 0.29) is 0 Å². The summed E-state index contributed by atoms with van der Waals surface area (Å²) in [6.45, 7) is 0.831. The summed E-state index contributed by atoms with van der Waals surface area (Å²) in [4.78, 5) is 3.53. The number of aromatic amines is 1. The Hall–Kier alpha value is -0.930. The highest BCUT2D eigenvalue weighted by molar-refractivity contribution is 7.99. The minimum absolute atomic E-state index is 0.680. The molecular weight excluding hydrogens is 252 g/mol. The zero-order chi connectivity index (χ0) is 13.1. The van der Waals surface area contributed by atoms with Gasteiger partial charge >= 0.3 is 0 Å². The molecule has 19 heavy (non-hydrogen) atoms. The largest absolute Gasteiger partial charge is 0.350 e. The zero-order valence-corrected chi connectivity index (χ0v) is 12.1. The van der Waals surface area contributed by atoms with Gasteiger partial charge in [-0.25, -0.2) is 0 Å². The van der Waals surface area contributed by atoms with E-state index in [0.717, 1.165) is 6.54 Å². The SMILES string of the molecule is NCC1CCCCCC1Sc1cc2ccccc2[nH]1. The van der Waals surface area contributed by atoms with Gasteiger partial charge in [0.2, 0.25) is 0 Å². The van der Waals surface area contributed by atoms with Gasteiger partial charge in [-0.05, 0) is 37.4 Å². The Morgan fingerprint density at radius 3 is 2.84 bits per heavy atom. The van der Waals surface area contributed by atoms with Crippen LogP contribution in [0, 0.1) is 5.92 Å². The Bertz CT molecular complexity index is 501. The summed E-state index contributed by atoms with van der Waals surface area (Å²) in [5.41, 5.74) is 7.21. The molecule has 0 spiro atoms. The molecule has 2 atom stereocenters. The molecule has 0 aliphatic heterocycles. The molecule has 0 radical (unpaired) electrons. The van der Waals surface area contributed by atoms with Gasteiger partial charge in [0.15, 0.2) is 0 Å². The van der Waals surface area contributed by atoms with Crippen LogP contribution >= 0.6 is 11.8 Å². The molecule has 1 aromatic carbocycles. The van der Waals surface area contributed by atoms with Crippen LogP contribution in [0.4, 0.5) is 0 Å². The summed E-state index contributed by atoms with van der Waals surface area (Å²) in [7, 11) is 0. The first-order valence-corrected chi connectivity index (χ1v) is 8.19. The molecule has 2 nitrogen and oxygen atoms in total. The van der Waals surface area contributed by atoms with Crippen LogP contribution in [0.25, 0.3) is 10.9 Å².